The van der Waals surface area contributed by atoms with Gasteiger partial charge in [0, 0.05) is 10.6 Å². The highest BCUT2D eigenvalue weighted by atomic mass is 32.1. The maximum atomic E-state index is 8.81. The molecule has 2 aromatic heterocycles. The van der Waals surface area contributed by atoms with Crippen LogP contribution in [0.15, 0.2) is 11.6 Å². The van der Waals surface area contributed by atoms with Crippen molar-refractivity contribution in [1.29, 1.82) is 5.26 Å². The van der Waals surface area contributed by atoms with Crippen LogP contribution >= 0.6 is 11.3 Å². The van der Waals surface area contributed by atoms with Crippen molar-refractivity contribution in [1.82, 2.24) is 15.0 Å². The highest BCUT2D eigenvalue weighted by molar-refractivity contribution is 7.09. The van der Waals surface area contributed by atoms with E-state index in [9.17, 15) is 0 Å². The first kappa shape index (κ1) is 11.5. The molecular weight excluding hydrogens is 234 g/mol. The number of aryl methyl sites for hydroxylation is 2. The van der Waals surface area contributed by atoms with Crippen LogP contribution < -0.4 is 5.32 Å². The zero-order valence-electron chi connectivity index (χ0n) is 9.56. The summed E-state index contributed by atoms with van der Waals surface area (Å²) in [5, 5.41) is 11.9. The van der Waals surface area contributed by atoms with Crippen LogP contribution in [0.3, 0.4) is 0 Å². The number of anilines is 1. The van der Waals surface area contributed by atoms with Gasteiger partial charge in [-0.2, -0.15) is 5.26 Å². The molecule has 0 amide bonds. The van der Waals surface area contributed by atoms with E-state index >= 15 is 0 Å². The van der Waals surface area contributed by atoms with Crippen LogP contribution in [0.5, 0.6) is 0 Å². The Morgan fingerprint density at radius 2 is 2.24 bits per heavy atom. The predicted octanol–water partition coefficient (Wildman–Crippen LogP) is 2.03. The molecule has 0 aliphatic carbocycles. The van der Waals surface area contributed by atoms with Gasteiger partial charge in [0.05, 0.1) is 17.7 Å². The molecular formula is C11H11N5S. The Labute approximate surface area is 103 Å². The number of rotatable bonds is 3. The van der Waals surface area contributed by atoms with Crippen molar-refractivity contribution in [3.8, 4) is 6.07 Å². The van der Waals surface area contributed by atoms with E-state index in [0.29, 0.717) is 18.2 Å². The summed E-state index contributed by atoms with van der Waals surface area (Å²) in [6.07, 6.45) is 0. The normalized spacial score (nSPS) is 9.94. The van der Waals surface area contributed by atoms with Gasteiger partial charge in [0.25, 0.3) is 0 Å². The SMILES string of the molecule is Cc1cc(C#N)nc(NCc2scnc2C)n1. The molecule has 0 aliphatic rings. The molecule has 0 radical (unpaired) electrons. The Kier molecular flexibility index (Phi) is 3.30. The summed E-state index contributed by atoms with van der Waals surface area (Å²) >= 11 is 1.59. The molecule has 17 heavy (non-hydrogen) atoms. The van der Waals surface area contributed by atoms with Crippen LogP contribution in [0.1, 0.15) is 22.0 Å². The van der Waals surface area contributed by atoms with Gasteiger partial charge in [-0.05, 0) is 19.9 Å². The molecule has 0 fully saturated rings. The summed E-state index contributed by atoms with van der Waals surface area (Å²) in [6, 6.07) is 3.67. The average molecular weight is 245 g/mol. The molecule has 2 heterocycles. The average Bonchev–Trinajstić information content (AvgIpc) is 2.71. The summed E-state index contributed by atoms with van der Waals surface area (Å²) < 4.78 is 0. The summed E-state index contributed by atoms with van der Waals surface area (Å²) in [5.41, 5.74) is 3.97. The minimum atomic E-state index is 0.376. The fourth-order valence-electron chi connectivity index (χ4n) is 1.36. The predicted molar refractivity (Wildman–Crippen MR) is 65.7 cm³/mol. The molecule has 0 saturated heterocycles. The molecule has 0 atom stereocenters. The highest BCUT2D eigenvalue weighted by Gasteiger charge is 2.04. The van der Waals surface area contributed by atoms with Crippen LogP contribution in [-0.4, -0.2) is 15.0 Å². The lowest BCUT2D eigenvalue weighted by Gasteiger charge is -2.04. The molecule has 86 valence electrons. The number of nitrogens with zero attached hydrogens (tertiary/aromatic N) is 4. The Morgan fingerprint density at radius 3 is 2.88 bits per heavy atom. The second-order valence-electron chi connectivity index (χ2n) is 3.54. The van der Waals surface area contributed by atoms with E-state index in [1.165, 1.54) is 0 Å². The van der Waals surface area contributed by atoms with Crippen LogP contribution in [0.25, 0.3) is 0 Å². The van der Waals surface area contributed by atoms with E-state index in [4.69, 9.17) is 5.26 Å². The summed E-state index contributed by atoms with van der Waals surface area (Å²) in [4.78, 5) is 13.6. The molecule has 1 N–H and O–H groups in total. The summed E-state index contributed by atoms with van der Waals surface area (Å²) in [7, 11) is 0. The third-order valence-electron chi connectivity index (χ3n) is 2.22. The van der Waals surface area contributed by atoms with E-state index in [1.54, 1.807) is 17.4 Å². The van der Waals surface area contributed by atoms with E-state index in [2.05, 4.69) is 20.3 Å². The van der Waals surface area contributed by atoms with Gasteiger partial charge in [-0.3, -0.25) is 0 Å². The second kappa shape index (κ2) is 4.89. The molecule has 0 aliphatic heterocycles. The number of aromatic nitrogens is 3. The van der Waals surface area contributed by atoms with Crippen molar-refractivity contribution < 1.29 is 0 Å². The van der Waals surface area contributed by atoms with Gasteiger partial charge in [0.1, 0.15) is 11.8 Å². The molecule has 0 bridgehead atoms. The Morgan fingerprint density at radius 1 is 1.41 bits per heavy atom. The van der Waals surface area contributed by atoms with E-state index in [-0.39, 0.29) is 0 Å². The topological polar surface area (TPSA) is 74.5 Å². The fraction of sp³-hybridized carbons (Fsp3) is 0.273. The van der Waals surface area contributed by atoms with Gasteiger partial charge in [-0.25, -0.2) is 15.0 Å². The largest absolute Gasteiger partial charge is 0.349 e. The van der Waals surface area contributed by atoms with Crippen molar-refractivity contribution in [2.24, 2.45) is 0 Å². The standard InChI is InChI=1S/C11H11N5S/c1-7-3-9(4-12)16-11(15-7)13-5-10-8(2)14-6-17-10/h3,6H,5H2,1-2H3,(H,13,15,16). The quantitative estimate of drug-likeness (QED) is 0.895. The van der Waals surface area contributed by atoms with Gasteiger partial charge < -0.3 is 5.32 Å². The van der Waals surface area contributed by atoms with Gasteiger partial charge >= 0.3 is 0 Å². The lowest BCUT2D eigenvalue weighted by Crippen LogP contribution is -2.05. The third-order valence-corrected chi connectivity index (χ3v) is 3.16. The van der Waals surface area contributed by atoms with Gasteiger partial charge in [0.2, 0.25) is 5.95 Å². The summed E-state index contributed by atoms with van der Waals surface area (Å²) in [6.45, 7) is 4.43. The molecule has 2 rings (SSSR count). The summed E-state index contributed by atoms with van der Waals surface area (Å²) in [5.74, 6) is 0.481. The lowest BCUT2D eigenvalue weighted by molar-refractivity contribution is 1.02. The number of hydrogen-bond donors (Lipinski definition) is 1. The van der Waals surface area contributed by atoms with E-state index in [0.717, 1.165) is 16.3 Å². The Balaban J connectivity index is 2.12. The number of nitriles is 1. The van der Waals surface area contributed by atoms with Crippen LogP contribution in [-0.2, 0) is 6.54 Å². The molecule has 0 aromatic carbocycles. The van der Waals surface area contributed by atoms with Crippen molar-refractivity contribution in [2.75, 3.05) is 5.32 Å². The van der Waals surface area contributed by atoms with E-state index < -0.39 is 0 Å². The minimum absolute atomic E-state index is 0.376. The molecule has 6 heteroatoms. The maximum absolute atomic E-state index is 8.81. The van der Waals surface area contributed by atoms with Crippen LogP contribution in [0, 0.1) is 25.2 Å². The first-order chi connectivity index (χ1) is 8.19. The molecule has 0 saturated carbocycles. The number of hydrogen-bond acceptors (Lipinski definition) is 6. The van der Waals surface area contributed by atoms with Gasteiger partial charge in [-0.1, -0.05) is 0 Å². The fourth-order valence-corrected chi connectivity index (χ4v) is 2.08. The smallest absolute Gasteiger partial charge is 0.224 e. The monoisotopic (exact) mass is 245 g/mol. The Hall–Kier alpha value is -2.00. The molecule has 5 nitrogen and oxygen atoms in total. The van der Waals surface area contributed by atoms with Gasteiger partial charge in [0.15, 0.2) is 0 Å². The van der Waals surface area contributed by atoms with Crippen molar-refractivity contribution in [2.45, 2.75) is 20.4 Å². The second-order valence-corrected chi connectivity index (χ2v) is 4.48. The maximum Gasteiger partial charge on any atom is 0.224 e. The van der Waals surface area contributed by atoms with Crippen molar-refractivity contribution >= 4 is 17.3 Å². The first-order valence-corrected chi connectivity index (χ1v) is 5.95. The lowest BCUT2D eigenvalue weighted by atomic mass is 10.3. The number of nitrogens with one attached hydrogen (secondary N) is 1. The Bertz CT molecular complexity index is 569. The molecule has 2 aromatic rings. The highest BCUT2D eigenvalue weighted by Crippen LogP contribution is 2.13. The third kappa shape index (κ3) is 2.77. The van der Waals surface area contributed by atoms with Crippen LogP contribution in [0.4, 0.5) is 5.95 Å². The minimum Gasteiger partial charge on any atom is -0.349 e. The number of thiazole rings is 1. The van der Waals surface area contributed by atoms with Gasteiger partial charge in [-0.15, -0.1) is 11.3 Å². The van der Waals surface area contributed by atoms with Crippen molar-refractivity contribution in [3.63, 3.8) is 0 Å². The zero-order valence-corrected chi connectivity index (χ0v) is 10.4. The first-order valence-electron chi connectivity index (χ1n) is 5.07. The molecule has 0 spiro atoms. The zero-order chi connectivity index (χ0) is 12.3. The van der Waals surface area contributed by atoms with Crippen molar-refractivity contribution in [3.05, 3.63) is 33.5 Å². The van der Waals surface area contributed by atoms with E-state index in [1.807, 2.05) is 25.4 Å². The van der Waals surface area contributed by atoms with Crippen LogP contribution in [0.2, 0.25) is 0 Å². The molecule has 0 unspecified atom stereocenters.